The van der Waals surface area contributed by atoms with Gasteiger partial charge in [0.2, 0.25) is 5.88 Å². The molecule has 1 atom stereocenters. The van der Waals surface area contributed by atoms with Gasteiger partial charge in [0.15, 0.2) is 0 Å². The molecule has 2 heterocycles. The first-order valence-electron chi connectivity index (χ1n) is 6.49. The van der Waals surface area contributed by atoms with Gasteiger partial charge in [-0.15, -0.1) is 0 Å². The number of nitrogens with one attached hydrogen (secondary N) is 1. The molecule has 2 rings (SSSR count). The van der Waals surface area contributed by atoms with Crippen molar-refractivity contribution >= 4 is 0 Å². The maximum Gasteiger partial charge on any atom is 0.232 e. The fraction of sp³-hybridized carbons (Fsp3) is 0.692. The first-order chi connectivity index (χ1) is 8.74. The smallest absolute Gasteiger partial charge is 0.232 e. The van der Waals surface area contributed by atoms with Crippen molar-refractivity contribution in [2.75, 3.05) is 19.8 Å². The van der Waals surface area contributed by atoms with E-state index in [9.17, 15) is 0 Å². The molecule has 5 heteroatoms. The monoisotopic (exact) mass is 251 g/mol. The van der Waals surface area contributed by atoms with E-state index in [0.717, 1.165) is 25.3 Å². The fourth-order valence-electron chi connectivity index (χ4n) is 1.77. The van der Waals surface area contributed by atoms with Crippen molar-refractivity contribution in [3.63, 3.8) is 0 Å². The van der Waals surface area contributed by atoms with Crippen molar-refractivity contribution in [3.8, 4) is 5.88 Å². The average Bonchev–Trinajstić information content (AvgIpc) is 2.87. The van der Waals surface area contributed by atoms with Crippen molar-refractivity contribution in [2.24, 2.45) is 5.92 Å². The van der Waals surface area contributed by atoms with Crippen LogP contribution >= 0.6 is 0 Å². The summed E-state index contributed by atoms with van der Waals surface area (Å²) in [7, 11) is 0. The molecular weight excluding hydrogens is 230 g/mol. The number of aromatic nitrogens is 2. The third-order valence-electron chi connectivity index (χ3n) is 2.84. The van der Waals surface area contributed by atoms with Gasteiger partial charge in [0, 0.05) is 31.3 Å². The average molecular weight is 251 g/mol. The van der Waals surface area contributed by atoms with Gasteiger partial charge in [0.25, 0.3) is 0 Å². The molecule has 0 aliphatic carbocycles. The highest BCUT2D eigenvalue weighted by Crippen LogP contribution is 2.14. The second-order valence-electron chi connectivity index (χ2n) is 4.92. The lowest BCUT2D eigenvalue weighted by molar-refractivity contribution is 0.165. The molecule has 5 nitrogen and oxygen atoms in total. The van der Waals surface area contributed by atoms with E-state index >= 15 is 0 Å². The van der Waals surface area contributed by atoms with Crippen LogP contribution in [0.4, 0.5) is 0 Å². The predicted molar refractivity (Wildman–Crippen MR) is 68.4 cm³/mol. The zero-order valence-electron chi connectivity index (χ0n) is 11.1. The Hall–Kier alpha value is -1.20. The summed E-state index contributed by atoms with van der Waals surface area (Å²) in [6, 6.07) is 0.437. The van der Waals surface area contributed by atoms with Crippen LogP contribution in [0.25, 0.3) is 0 Å². The van der Waals surface area contributed by atoms with Crippen LogP contribution in [0.3, 0.4) is 0 Å². The van der Waals surface area contributed by atoms with Crippen LogP contribution < -0.4 is 10.1 Å². The van der Waals surface area contributed by atoms with Gasteiger partial charge in [0.1, 0.15) is 0 Å². The van der Waals surface area contributed by atoms with Crippen LogP contribution in [0.5, 0.6) is 5.88 Å². The maximum atomic E-state index is 5.66. The first kappa shape index (κ1) is 13.2. The Bertz CT molecular complexity index is 365. The van der Waals surface area contributed by atoms with Crippen molar-refractivity contribution in [2.45, 2.75) is 32.9 Å². The van der Waals surface area contributed by atoms with Gasteiger partial charge in [-0.25, -0.2) is 4.98 Å². The largest absolute Gasteiger partial charge is 0.476 e. The number of rotatable bonds is 6. The quantitative estimate of drug-likeness (QED) is 0.828. The molecule has 1 saturated heterocycles. The summed E-state index contributed by atoms with van der Waals surface area (Å²) < 4.78 is 11.0. The molecule has 1 aliphatic rings. The third-order valence-corrected chi connectivity index (χ3v) is 2.84. The van der Waals surface area contributed by atoms with E-state index < -0.39 is 0 Å². The van der Waals surface area contributed by atoms with Gasteiger partial charge in [0.05, 0.1) is 25.1 Å². The van der Waals surface area contributed by atoms with E-state index in [1.54, 1.807) is 12.4 Å². The highest BCUT2D eigenvalue weighted by atomic mass is 16.5. The summed E-state index contributed by atoms with van der Waals surface area (Å²) >= 11 is 0. The Kier molecular flexibility index (Phi) is 4.90. The van der Waals surface area contributed by atoms with Crippen molar-refractivity contribution in [1.29, 1.82) is 0 Å². The summed E-state index contributed by atoms with van der Waals surface area (Å²) in [4.78, 5) is 8.57. The SMILES string of the molecule is CC(C)NCc1cncc(OCC2CCOC2)n1. The lowest BCUT2D eigenvalue weighted by Gasteiger charge is -2.11. The summed E-state index contributed by atoms with van der Waals surface area (Å²) in [5, 5.41) is 3.31. The van der Waals surface area contributed by atoms with Crippen LogP contribution in [-0.2, 0) is 11.3 Å². The normalized spacial score (nSPS) is 19.4. The highest BCUT2D eigenvalue weighted by molar-refractivity contribution is 5.08. The van der Waals surface area contributed by atoms with Gasteiger partial charge in [-0.05, 0) is 6.42 Å². The van der Waals surface area contributed by atoms with E-state index in [2.05, 4.69) is 29.1 Å². The molecule has 0 aromatic carbocycles. The summed E-state index contributed by atoms with van der Waals surface area (Å²) in [6.45, 7) is 7.23. The maximum absolute atomic E-state index is 5.66. The number of nitrogens with zero attached hydrogens (tertiary/aromatic N) is 2. The van der Waals surface area contributed by atoms with E-state index in [-0.39, 0.29) is 0 Å². The molecule has 0 spiro atoms. The van der Waals surface area contributed by atoms with Crippen LogP contribution in [0.2, 0.25) is 0 Å². The van der Waals surface area contributed by atoms with Crippen LogP contribution in [0, 0.1) is 5.92 Å². The number of hydrogen-bond donors (Lipinski definition) is 1. The first-order valence-corrected chi connectivity index (χ1v) is 6.49. The van der Waals surface area contributed by atoms with Gasteiger partial charge in [-0.1, -0.05) is 13.8 Å². The van der Waals surface area contributed by atoms with E-state index in [1.165, 1.54) is 0 Å². The third kappa shape index (κ3) is 4.23. The zero-order chi connectivity index (χ0) is 12.8. The van der Waals surface area contributed by atoms with E-state index in [1.807, 2.05) is 0 Å². The minimum atomic E-state index is 0.437. The molecule has 1 fully saturated rings. The van der Waals surface area contributed by atoms with Gasteiger partial charge in [-0.3, -0.25) is 4.98 Å². The summed E-state index contributed by atoms with van der Waals surface area (Å²) in [5.74, 6) is 1.09. The second-order valence-corrected chi connectivity index (χ2v) is 4.92. The molecule has 0 saturated carbocycles. The summed E-state index contributed by atoms with van der Waals surface area (Å²) in [6.07, 6.45) is 4.50. The zero-order valence-corrected chi connectivity index (χ0v) is 11.1. The molecule has 1 aromatic rings. The molecule has 0 bridgehead atoms. The van der Waals surface area contributed by atoms with Crippen LogP contribution in [0.15, 0.2) is 12.4 Å². The standard InChI is InChI=1S/C13H21N3O2/c1-10(2)15-6-12-5-14-7-13(16-12)18-9-11-3-4-17-8-11/h5,7,10-11,15H,3-4,6,8-9H2,1-2H3. The molecular formula is C13H21N3O2. The van der Waals surface area contributed by atoms with Crippen molar-refractivity contribution in [3.05, 3.63) is 18.1 Å². The Morgan fingerprint density at radius 1 is 1.50 bits per heavy atom. The second kappa shape index (κ2) is 6.66. The topological polar surface area (TPSA) is 56.3 Å². The molecule has 0 amide bonds. The van der Waals surface area contributed by atoms with Crippen LogP contribution in [0.1, 0.15) is 26.0 Å². The highest BCUT2D eigenvalue weighted by Gasteiger charge is 2.16. The number of ether oxygens (including phenoxy) is 2. The Labute approximate surface area is 108 Å². The minimum absolute atomic E-state index is 0.437. The van der Waals surface area contributed by atoms with Crippen molar-refractivity contribution < 1.29 is 9.47 Å². The molecule has 18 heavy (non-hydrogen) atoms. The molecule has 0 radical (unpaired) electrons. The lowest BCUT2D eigenvalue weighted by atomic mass is 10.1. The van der Waals surface area contributed by atoms with Crippen LogP contribution in [-0.4, -0.2) is 35.8 Å². The number of hydrogen-bond acceptors (Lipinski definition) is 5. The lowest BCUT2D eigenvalue weighted by Crippen LogP contribution is -2.22. The Morgan fingerprint density at radius 3 is 3.11 bits per heavy atom. The molecule has 1 aromatic heterocycles. The van der Waals surface area contributed by atoms with Crippen molar-refractivity contribution in [1.82, 2.24) is 15.3 Å². The van der Waals surface area contributed by atoms with Gasteiger partial charge in [-0.2, -0.15) is 0 Å². The summed E-state index contributed by atoms with van der Waals surface area (Å²) in [5.41, 5.74) is 0.906. The van der Waals surface area contributed by atoms with Gasteiger partial charge >= 0.3 is 0 Å². The fourth-order valence-corrected chi connectivity index (χ4v) is 1.77. The molecule has 100 valence electrons. The van der Waals surface area contributed by atoms with E-state index in [4.69, 9.17) is 9.47 Å². The minimum Gasteiger partial charge on any atom is -0.476 e. The molecule has 1 N–H and O–H groups in total. The Balaban J connectivity index is 1.82. The predicted octanol–water partition coefficient (Wildman–Crippen LogP) is 1.39. The van der Waals surface area contributed by atoms with Gasteiger partial charge < -0.3 is 14.8 Å². The van der Waals surface area contributed by atoms with E-state index in [0.29, 0.717) is 31.0 Å². The molecule has 1 unspecified atom stereocenters. The Morgan fingerprint density at radius 2 is 2.39 bits per heavy atom. The molecule has 1 aliphatic heterocycles.